The summed E-state index contributed by atoms with van der Waals surface area (Å²) in [5.41, 5.74) is -0.768. The van der Waals surface area contributed by atoms with Crippen LogP contribution in [-0.4, -0.2) is 33.9 Å². The van der Waals surface area contributed by atoms with Crippen molar-refractivity contribution >= 4 is 38.9 Å². The van der Waals surface area contributed by atoms with Gasteiger partial charge >= 0.3 is 6.18 Å². The van der Waals surface area contributed by atoms with Crippen molar-refractivity contribution in [1.29, 1.82) is 0 Å². The number of carbonyl (C=O) groups excluding carboxylic acids is 1. The Morgan fingerprint density at radius 2 is 1.87 bits per heavy atom. The summed E-state index contributed by atoms with van der Waals surface area (Å²) in [6.45, 7) is 0.0267. The molecule has 31 heavy (non-hydrogen) atoms. The van der Waals surface area contributed by atoms with Crippen molar-refractivity contribution in [3.8, 4) is 11.5 Å². The minimum absolute atomic E-state index is 0.0136. The minimum Gasteiger partial charge on any atom is -0.454 e. The highest BCUT2D eigenvalue weighted by molar-refractivity contribution is 7.92. The van der Waals surface area contributed by atoms with Crippen LogP contribution in [0.15, 0.2) is 36.4 Å². The molecule has 7 nitrogen and oxygen atoms in total. The van der Waals surface area contributed by atoms with Gasteiger partial charge in [0, 0.05) is 24.7 Å². The number of benzene rings is 2. The normalized spacial score (nSPS) is 13.2. The molecular weight excluding hydrogens is 461 g/mol. The van der Waals surface area contributed by atoms with Crippen LogP contribution in [-0.2, 0) is 21.0 Å². The molecule has 1 N–H and O–H groups in total. The van der Waals surface area contributed by atoms with Crippen molar-refractivity contribution in [2.75, 3.05) is 29.2 Å². The fourth-order valence-electron chi connectivity index (χ4n) is 2.95. The van der Waals surface area contributed by atoms with Crippen LogP contribution in [0.3, 0.4) is 0 Å². The van der Waals surface area contributed by atoms with Crippen molar-refractivity contribution in [1.82, 2.24) is 0 Å². The maximum absolute atomic E-state index is 12.9. The Kier molecular flexibility index (Phi) is 6.56. The van der Waals surface area contributed by atoms with Crippen LogP contribution in [0.4, 0.5) is 24.5 Å². The van der Waals surface area contributed by atoms with Crippen LogP contribution in [0.25, 0.3) is 0 Å². The molecule has 0 atom stereocenters. The zero-order valence-electron chi connectivity index (χ0n) is 16.2. The van der Waals surface area contributed by atoms with Crippen LogP contribution in [0, 0.1) is 0 Å². The lowest BCUT2D eigenvalue weighted by Crippen LogP contribution is -2.31. The molecule has 0 radical (unpaired) electrons. The molecule has 2 aromatic rings. The van der Waals surface area contributed by atoms with E-state index in [2.05, 4.69) is 5.32 Å². The number of nitrogens with one attached hydrogen (secondary N) is 1. The molecule has 0 saturated heterocycles. The van der Waals surface area contributed by atoms with Crippen molar-refractivity contribution in [3.05, 3.63) is 47.0 Å². The fourth-order valence-corrected chi connectivity index (χ4v) is 4.14. The highest BCUT2D eigenvalue weighted by atomic mass is 35.5. The third-order valence-corrected chi connectivity index (χ3v) is 5.89. The number of nitrogens with zero attached hydrogens (tertiary/aromatic N) is 1. The van der Waals surface area contributed by atoms with Gasteiger partial charge in [-0.2, -0.15) is 13.2 Å². The van der Waals surface area contributed by atoms with E-state index in [0.29, 0.717) is 17.2 Å². The maximum atomic E-state index is 12.9. The standard InChI is InChI=1S/C19H18ClF3N2O5S/c1-31(27,28)25(13-5-7-16-17(10-13)30-11-29-16)8-2-3-18(26)24-12-4-6-15(20)14(9-12)19(21,22)23/h4-7,9-10H,2-3,8,11H2,1H3,(H,24,26). The van der Waals surface area contributed by atoms with Gasteiger partial charge in [0.05, 0.1) is 22.5 Å². The molecule has 0 bridgehead atoms. The smallest absolute Gasteiger partial charge is 0.417 e. The number of carbonyl (C=O) groups is 1. The molecule has 1 amide bonds. The third kappa shape index (κ3) is 5.73. The number of sulfonamides is 1. The molecule has 3 rings (SSSR count). The molecule has 1 heterocycles. The Labute approximate surface area is 181 Å². The first-order valence-electron chi connectivity index (χ1n) is 8.99. The van der Waals surface area contributed by atoms with E-state index in [0.717, 1.165) is 22.7 Å². The number of hydrogen-bond donors (Lipinski definition) is 1. The van der Waals surface area contributed by atoms with Crippen LogP contribution in [0.2, 0.25) is 5.02 Å². The average molecular weight is 479 g/mol. The zero-order valence-corrected chi connectivity index (χ0v) is 17.8. The lowest BCUT2D eigenvalue weighted by Gasteiger charge is -2.22. The molecule has 168 valence electrons. The summed E-state index contributed by atoms with van der Waals surface area (Å²) in [4.78, 5) is 12.1. The molecule has 0 aromatic heterocycles. The van der Waals surface area contributed by atoms with Gasteiger partial charge in [0.1, 0.15) is 0 Å². The van der Waals surface area contributed by atoms with E-state index in [1.807, 2.05) is 0 Å². The summed E-state index contributed by atoms with van der Waals surface area (Å²) in [6, 6.07) is 7.71. The Hall–Kier alpha value is -2.66. The minimum atomic E-state index is -4.65. The van der Waals surface area contributed by atoms with Gasteiger partial charge in [0.15, 0.2) is 11.5 Å². The Morgan fingerprint density at radius 1 is 1.16 bits per heavy atom. The van der Waals surface area contributed by atoms with Crippen LogP contribution in [0.5, 0.6) is 11.5 Å². The van der Waals surface area contributed by atoms with Crippen LogP contribution in [0.1, 0.15) is 18.4 Å². The first kappa shape index (κ1) is 23.0. The van der Waals surface area contributed by atoms with E-state index in [4.69, 9.17) is 21.1 Å². The summed E-state index contributed by atoms with van der Waals surface area (Å²) in [5.74, 6) is 0.347. The van der Waals surface area contributed by atoms with Crippen LogP contribution < -0.4 is 19.1 Å². The number of hydrogen-bond acceptors (Lipinski definition) is 5. The first-order chi connectivity index (χ1) is 14.4. The lowest BCUT2D eigenvalue weighted by atomic mass is 10.2. The second kappa shape index (κ2) is 8.83. The van der Waals surface area contributed by atoms with E-state index in [1.54, 1.807) is 12.1 Å². The third-order valence-electron chi connectivity index (χ3n) is 4.37. The first-order valence-corrected chi connectivity index (χ1v) is 11.2. The number of ether oxygens (including phenoxy) is 2. The molecule has 0 fully saturated rings. The largest absolute Gasteiger partial charge is 0.454 e. The topological polar surface area (TPSA) is 84.9 Å². The molecule has 1 aliphatic heterocycles. The number of fused-ring (bicyclic) bond motifs is 1. The van der Waals surface area contributed by atoms with E-state index in [-0.39, 0.29) is 31.9 Å². The number of anilines is 2. The molecule has 0 spiro atoms. The molecule has 0 unspecified atom stereocenters. The van der Waals surface area contributed by atoms with Gasteiger partial charge in [-0.25, -0.2) is 8.42 Å². The van der Waals surface area contributed by atoms with Gasteiger partial charge in [-0.05, 0) is 36.8 Å². The van der Waals surface area contributed by atoms with Crippen molar-refractivity contribution in [2.24, 2.45) is 0 Å². The highest BCUT2D eigenvalue weighted by Gasteiger charge is 2.33. The van der Waals surface area contributed by atoms with E-state index >= 15 is 0 Å². The number of rotatable bonds is 7. The Morgan fingerprint density at radius 3 is 2.55 bits per heavy atom. The van der Waals surface area contributed by atoms with E-state index < -0.39 is 32.7 Å². The number of alkyl halides is 3. The van der Waals surface area contributed by atoms with Gasteiger partial charge in [-0.3, -0.25) is 9.10 Å². The highest BCUT2D eigenvalue weighted by Crippen LogP contribution is 2.37. The summed E-state index contributed by atoms with van der Waals surface area (Å²) in [7, 11) is -3.65. The van der Waals surface area contributed by atoms with Gasteiger partial charge in [-0.1, -0.05) is 11.6 Å². The second-order valence-electron chi connectivity index (χ2n) is 6.72. The number of amides is 1. The van der Waals surface area contributed by atoms with E-state index in [9.17, 15) is 26.4 Å². The second-order valence-corrected chi connectivity index (χ2v) is 9.03. The monoisotopic (exact) mass is 478 g/mol. The predicted octanol–water partition coefficient (Wildman–Crippen LogP) is 4.27. The maximum Gasteiger partial charge on any atom is 0.417 e. The predicted molar refractivity (Wildman–Crippen MR) is 109 cm³/mol. The summed E-state index contributed by atoms with van der Waals surface area (Å²) in [5, 5.41) is 1.89. The lowest BCUT2D eigenvalue weighted by molar-refractivity contribution is -0.137. The molecule has 0 aliphatic carbocycles. The van der Waals surface area contributed by atoms with Crippen LogP contribution >= 0.6 is 11.6 Å². The van der Waals surface area contributed by atoms with Gasteiger partial charge in [0.25, 0.3) is 0 Å². The van der Waals surface area contributed by atoms with E-state index in [1.165, 1.54) is 12.1 Å². The Bertz CT molecular complexity index is 1090. The van der Waals surface area contributed by atoms with Crippen molar-refractivity contribution in [3.63, 3.8) is 0 Å². The summed E-state index contributed by atoms with van der Waals surface area (Å²) >= 11 is 5.56. The van der Waals surface area contributed by atoms with Crippen molar-refractivity contribution in [2.45, 2.75) is 19.0 Å². The molecule has 0 saturated carbocycles. The average Bonchev–Trinajstić information content (AvgIpc) is 3.12. The molecule has 1 aliphatic rings. The zero-order chi connectivity index (χ0) is 22.8. The summed E-state index contributed by atoms with van der Waals surface area (Å²) in [6.07, 6.45) is -3.60. The quantitative estimate of drug-likeness (QED) is 0.642. The molecule has 2 aromatic carbocycles. The Balaban J connectivity index is 1.63. The molecular formula is C19H18ClF3N2O5S. The van der Waals surface area contributed by atoms with Gasteiger partial charge in [-0.15, -0.1) is 0 Å². The van der Waals surface area contributed by atoms with Gasteiger partial charge in [0.2, 0.25) is 22.7 Å². The number of halogens is 4. The van der Waals surface area contributed by atoms with Crippen molar-refractivity contribution < 1.29 is 35.9 Å². The molecule has 12 heteroatoms. The summed E-state index contributed by atoms with van der Waals surface area (Å²) < 4.78 is 74.8. The fraction of sp³-hybridized carbons (Fsp3) is 0.316. The SMILES string of the molecule is CS(=O)(=O)N(CCCC(=O)Nc1ccc(Cl)c(C(F)(F)F)c1)c1ccc2c(c1)OCO2. The van der Waals surface area contributed by atoms with Gasteiger partial charge < -0.3 is 14.8 Å².